The lowest BCUT2D eigenvalue weighted by Crippen LogP contribution is -2.42. The number of hydrogen-bond donors (Lipinski definition) is 1. The van der Waals surface area contributed by atoms with Crippen LogP contribution in [-0.2, 0) is 11.3 Å². The molecule has 0 radical (unpaired) electrons. The van der Waals surface area contributed by atoms with Crippen LogP contribution in [0.25, 0.3) is 0 Å². The fraction of sp³-hybridized carbons (Fsp3) is 0.600. The zero-order valence-corrected chi connectivity index (χ0v) is 10.4. The maximum absolute atomic E-state index is 11.2. The third-order valence-electron chi connectivity index (χ3n) is 2.83. The van der Waals surface area contributed by atoms with Gasteiger partial charge in [0.05, 0.1) is 17.2 Å². The Kier molecular flexibility index (Phi) is 3.60. The molecule has 0 aliphatic carbocycles. The van der Waals surface area contributed by atoms with E-state index in [0.717, 1.165) is 30.4 Å². The summed E-state index contributed by atoms with van der Waals surface area (Å²) in [7, 11) is 0. The van der Waals surface area contributed by atoms with Crippen molar-refractivity contribution in [3.63, 3.8) is 0 Å². The Hall–Kier alpha value is -0.880. The number of halogens is 1. The average molecular weight is 288 g/mol. The fourth-order valence-corrected chi connectivity index (χ4v) is 2.35. The van der Waals surface area contributed by atoms with E-state index in [2.05, 4.69) is 21.0 Å². The smallest absolute Gasteiger partial charge is 0.322 e. The van der Waals surface area contributed by atoms with Gasteiger partial charge in [0, 0.05) is 6.20 Å². The fourth-order valence-electron chi connectivity index (χ4n) is 2.02. The lowest BCUT2D eigenvalue weighted by molar-refractivity contribution is -0.143. The van der Waals surface area contributed by atoms with Crippen LogP contribution < -0.4 is 0 Å². The van der Waals surface area contributed by atoms with E-state index in [4.69, 9.17) is 0 Å². The van der Waals surface area contributed by atoms with Gasteiger partial charge in [0.15, 0.2) is 0 Å². The molecule has 1 unspecified atom stereocenters. The normalized spacial score (nSPS) is 18.8. The predicted octanol–water partition coefficient (Wildman–Crippen LogP) is 1.19. The van der Waals surface area contributed by atoms with Crippen molar-refractivity contribution >= 4 is 21.9 Å². The lowest BCUT2D eigenvalue weighted by Gasteiger charge is -2.23. The molecule has 0 saturated carbocycles. The molecule has 16 heavy (non-hydrogen) atoms. The maximum atomic E-state index is 11.2. The summed E-state index contributed by atoms with van der Waals surface area (Å²) in [6.07, 6.45) is 5.65. The molecule has 1 aromatic heterocycles. The number of aromatic nitrogens is 2. The quantitative estimate of drug-likeness (QED) is 0.904. The lowest BCUT2D eigenvalue weighted by atomic mass is 10.2. The van der Waals surface area contributed by atoms with Gasteiger partial charge in [-0.15, -0.1) is 0 Å². The van der Waals surface area contributed by atoms with Crippen LogP contribution in [0.2, 0.25) is 0 Å². The molecule has 0 aromatic carbocycles. The van der Waals surface area contributed by atoms with Crippen LogP contribution in [-0.4, -0.2) is 44.9 Å². The van der Waals surface area contributed by atoms with Gasteiger partial charge in [-0.2, -0.15) is 5.10 Å². The molecule has 1 aliphatic rings. The molecular formula is C10H14BrN3O2. The van der Waals surface area contributed by atoms with Crippen LogP contribution in [0, 0.1) is 0 Å². The highest BCUT2D eigenvalue weighted by Gasteiger charge is 2.28. The summed E-state index contributed by atoms with van der Waals surface area (Å²) >= 11 is 3.30. The van der Waals surface area contributed by atoms with Crippen LogP contribution in [0.15, 0.2) is 16.9 Å². The molecule has 2 rings (SSSR count). The van der Waals surface area contributed by atoms with Gasteiger partial charge in [-0.1, -0.05) is 0 Å². The molecule has 1 atom stereocenters. The highest BCUT2D eigenvalue weighted by Crippen LogP contribution is 2.14. The number of carboxylic acid groups (broad SMARTS) is 1. The Bertz CT molecular complexity index is 374. The highest BCUT2D eigenvalue weighted by molar-refractivity contribution is 9.10. The molecule has 88 valence electrons. The van der Waals surface area contributed by atoms with Gasteiger partial charge in [0.2, 0.25) is 0 Å². The second-order valence-electron chi connectivity index (χ2n) is 3.98. The first-order chi connectivity index (χ1) is 7.66. The third-order valence-corrected chi connectivity index (χ3v) is 3.24. The first-order valence-electron chi connectivity index (χ1n) is 5.31. The molecule has 2 heterocycles. The summed E-state index contributed by atoms with van der Waals surface area (Å²) in [6.45, 7) is 2.15. The number of nitrogens with zero attached hydrogens (tertiary/aromatic N) is 3. The van der Waals surface area contributed by atoms with Crippen LogP contribution in [0.3, 0.4) is 0 Å². The van der Waals surface area contributed by atoms with E-state index in [-0.39, 0.29) is 0 Å². The van der Waals surface area contributed by atoms with E-state index in [1.165, 1.54) is 0 Å². The summed E-state index contributed by atoms with van der Waals surface area (Å²) in [5.41, 5.74) is 0. The second kappa shape index (κ2) is 4.97. The average Bonchev–Trinajstić information content (AvgIpc) is 2.84. The number of carbonyl (C=O) groups is 1. The van der Waals surface area contributed by atoms with Crippen molar-refractivity contribution in [1.29, 1.82) is 0 Å². The molecule has 1 N–H and O–H groups in total. The van der Waals surface area contributed by atoms with E-state index in [9.17, 15) is 9.90 Å². The first kappa shape index (κ1) is 11.6. The Morgan fingerprint density at radius 2 is 2.25 bits per heavy atom. The summed E-state index contributed by atoms with van der Waals surface area (Å²) in [5, 5.41) is 13.3. The molecule has 0 spiro atoms. The molecule has 6 heteroatoms. The first-order valence-corrected chi connectivity index (χ1v) is 6.11. The number of aliphatic carboxylic acids is 1. The van der Waals surface area contributed by atoms with Gasteiger partial charge in [-0.05, 0) is 41.9 Å². The third kappa shape index (κ3) is 2.62. The molecule has 1 aliphatic heterocycles. The highest BCUT2D eigenvalue weighted by atomic mass is 79.9. The van der Waals surface area contributed by atoms with Crippen molar-refractivity contribution in [1.82, 2.24) is 14.7 Å². The number of hydrogen-bond acceptors (Lipinski definition) is 3. The standard InChI is InChI=1S/C10H14BrN3O2/c11-8-5-12-14(6-8)7-9(10(15)16)13-3-1-2-4-13/h5-6,9H,1-4,7H2,(H,15,16). The Balaban J connectivity index is 2.05. The topological polar surface area (TPSA) is 58.4 Å². The van der Waals surface area contributed by atoms with Crippen molar-refractivity contribution in [2.45, 2.75) is 25.4 Å². The number of rotatable bonds is 4. The molecule has 1 saturated heterocycles. The van der Waals surface area contributed by atoms with Crippen molar-refractivity contribution in [2.24, 2.45) is 0 Å². The van der Waals surface area contributed by atoms with Gasteiger partial charge >= 0.3 is 5.97 Å². The molecule has 5 nitrogen and oxygen atoms in total. The van der Waals surface area contributed by atoms with Crippen LogP contribution in [0.1, 0.15) is 12.8 Å². The van der Waals surface area contributed by atoms with Crippen LogP contribution in [0.4, 0.5) is 0 Å². The maximum Gasteiger partial charge on any atom is 0.322 e. The van der Waals surface area contributed by atoms with Crippen LogP contribution in [0.5, 0.6) is 0 Å². The van der Waals surface area contributed by atoms with E-state index >= 15 is 0 Å². The minimum atomic E-state index is -0.770. The monoisotopic (exact) mass is 287 g/mol. The predicted molar refractivity (Wildman–Crippen MR) is 62.2 cm³/mol. The largest absolute Gasteiger partial charge is 0.480 e. The van der Waals surface area contributed by atoms with E-state index in [0.29, 0.717) is 6.54 Å². The Labute approximate surface area is 102 Å². The van der Waals surface area contributed by atoms with Crippen molar-refractivity contribution in [3.8, 4) is 0 Å². The van der Waals surface area contributed by atoms with Gasteiger partial charge in [0.25, 0.3) is 0 Å². The SMILES string of the molecule is O=C(O)C(Cn1cc(Br)cn1)N1CCCC1. The summed E-state index contributed by atoms with van der Waals surface area (Å²) in [6, 6.07) is -0.464. The van der Waals surface area contributed by atoms with Crippen LogP contribution >= 0.6 is 15.9 Å². The minimum Gasteiger partial charge on any atom is -0.480 e. The molecule has 0 bridgehead atoms. The van der Waals surface area contributed by atoms with Gasteiger partial charge in [0.1, 0.15) is 6.04 Å². The van der Waals surface area contributed by atoms with Gasteiger partial charge in [-0.25, -0.2) is 0 Å². The number of carboxylic acids is 1. The summed E-state index contributed by atoms with van der Waals surface area (Å²) < 4.78 is 2.54. The van der Waals surface area contributed by atoms with E-state index < -0.39 is 12.0 Å². The number of likely N-dealkylation sites (tertiary alicyclic amines) is 1. The zero-order valence-electron chi connectivity index (χ0n) is 8.84. The molecule has 1 fully saturated rings. The van der Waals surface area contributed by atoms with E-state index in [1.54, 1.807) is 17.1 Å². The molecular weight excluding hydrogens is 274 g/mol. The van der Waals surface area contributed by atoms with Gasteiger partial charge in [-0.3, -0.25) is 14.4 Å². The minimum absolute atomic E-state index is 0.404. The van der Waals surface area contributed by atoms with E-state index in [1.807, 2.05) is 4.90 Å². The molecule has 1 aromatic rings. The Morgan fingerprint density at radius 1 is 1.56 bits per heavy atom. The Morgan fingerprint density at radius 3 is 2.75 bits per heavy atom. The van der Waals surface area contributed by atoms with Crippen molar-refractivity contribution in [2.75, 3.05) is 13.1 Å². The summed E-state index contributed by atoms with van der Waals surface area (Å²) in [5.74, 6) is -0.770. The van der Waals surface area contributed by atoms with Crippen molar-refractivity contribution in [3.05, 3.63) is 16.9 Å². The zero-order chi connectivity index (χ0) is 11.5. The second-order valence-corrected chi connectivity index (χ2v) is 4.89. The summed E-state index contributed by atoms with van der Waals surface area (Å²) in [4.78, 5) is 13.2. The van der Waals surface area contributed by atoms with Crippen molar-refractivity contribution < 1.29 is 9.90 Å². The van der Waals surface area contributed by atoms with Gasteiger partial charge < -0.3 is 5.11 Å². The molecule has 0 amide bonds.